The third-order valence-corrected chi connectivity index (χ3v) is 13.7. The average molecular weight is 916 g/mol. The molecule has 1 unspecified atom stereocenters. The Kier molecular flexibility index (Phi) is 14.6. The molecule has 17 heteroatoms. The second-order valence-electron chi connectivity index (χ2n) is 16.3. The van der Waals surface area contributed by atoms with Gasteiger partial charge in [0.1, 0.15) is 47.5 Å². The van der Waals surface area contributed by atoms with Crippen molar-refractivity contribution in [2.24, 2.45) is 0 Å². The number of imidazole rings is 1. The number of hydrogen-bond acceptors (Lipinski definition) is 14. The van der Waals surface area contributed by atoms with E-state index >= 15 is 0 Å². The Labute approximate surface area is 385 Å². The van der Waals surface area contributed by atoms with Crippen LogP contribution in [-0.4, -0.2) is 101 Å². The molecule has 0 bridgehead atoms. The number of fused-ring (bicyclic) bond motifs is 2. The fraction of sp³-hybridized carbons (Fsp3) is 0.367. The molecule has 0 aliphatic carbocycles. The lowest BCUT2D eigenvalue weighted by Gasteiger charge is -2.45. The topological polar surface area (TPSA) is 174 Å². The van der Waals surface area contributed by atoms with Crippen LogP contribution in [0.5, 0.6) is 17.2 Å². The average Bonchev–Trinajstić information content (AvgIpc) is 3.85. The number of carbonyl (C=O) groups is 1. The number of para-hydroxylation sites is 1. The minimum Gasteiger partial charge on any atom is -0.497 e. The van der Waals surface area contributed by atoms with Gasteiger partial charge in [0.2, 0.25) is 5.72 Å². The van der Waals surface area contributed by atoms with Gasteiger partial charge in [-0.2, -0.15) is 5.26 Å². The van der Waals surface area contributed by atoms with E-state index in [1.165, 1.54) is 6.33 Å². The largest absolute Gasteiger partial charge is 0.497 e. The van der Waals surface area contributed by atoms with Crippen molar-refractivity contribution in [2.75, 3.05) is 46.0 Å². The van der Waals surface area contributed by atoms with E-state index in [0.29, 0.717) is 28.4 Å². The van der Waals surface area contributed by atoms with Crippen LogP contribution in [0.3, 0.4) is 0 Å². The smallest absolute Gasteiger partial charge is 0.263 e. The molecule has 8 rings (SSSR count). The number of nitriles is 1. The Hall–Kier alpha value is -6.02. The SMILES string of the molecule is COc1ccc(C(OC[C@H]2O[C@]3(n4cnc5c(NC(=O)COc6ccccc6)ncnc54)CO[C@@H]3[C@@H]2OP(OCCC#N)N(C(C)C)C(C)C)(c2ccccc2)c2ccc(OC)cc2)cc1. The summed E-state index contributed by atoms with van der Waals surface area (Å²) in [4.78, 5) is 26.9. The van der Waals surface area contributed by atoms with Crippen LogP contribution in [0, 0.1) is 11.3 Å². The zero-order valence-corrected chi connectivity index (χ0v) is 38.7. The molecule has 6 aromatic rings. The summed E-state index contributed by atoms with van der Waals surface area (Å²) in [5.74, 6) is 1.75. The zero-order chi connectivity index (χ0) is 46.3. The predicted octanol–water partition coefficient (Wildman–Crippen LogP) is 7.98. The Bertz CT molecular complexity index is 2520. The number of aromatic nitrogens is 4. The number of amides is 1. The number of hydrogen-bond donors (Lipinski definition) is 1. The van der Waals surface area contributed by atoms with E-state index in [-0.39, 0.29) is 50.7 Å². The van der Waals surface area contributed by atoms with Crippen LogP contribution in [0.2, 0.25) is 0 Å². The normalized spacial score (nSPS) is 19.6. The number of ether oxygens (including phenoxy) is 6. The van der Waals surface area contributed by atoms with E-state index in [4.69, 9.17) is 42.5 Å². The van der Waals surface area contributed by atoms with Crippen molar-refractivity contribution < 1.29 is 42.3 Å². The molecule has 4 heterocycles. The quantitative estimate of drug-likeness (QED) is 0.0418. The van der Waals surface area contributed by atoms with Crippen molar-refractivity contribution in [3.8, 4) is 23.3 Å². The molecule has 2 aliphatic heterocycles. The number of methoxy groups -OCH3 is 2. The van der Waals surface area contributed by atoms with Gasteiger partial charge in [-0.1, -0.05) is 72.8 Å². The summed E-state index contributed by atoms with van der Waals surface area (Å²) in [5.41, 5.74) is 0.969. The summed E-state index contributed by atoms with van der Waals surface area (Å²) in [6, 6.07) is 37.0. The summed E-state index contributed by atoms with van der Waals surface area (Å²) in [6.45, 7) is 8.41. The summed E-state index contributed by atoms with van der Waals surface area (Å²) >= 11 is 0. The molecule has 2 aliphatic rings. The monoisotopic (exact) mass is 915 g/mol. The molecule has 0 saturated carbocycles. The summed E-state index contributed by atoms with van der Waals surface area (Å²) < 4.78 is 55.6. The van der Waals surface area contributed by atoms with Gasteiger partial charge in [-0.15, -0.1) is 0 Å². The molecule has 1 N–H and O–H groups in total. The van der Waals surface area contributed by atoms with Crippen LogP contribution < -0.4 is 19.5 Å². The lowest BCUT2D eigenvalue weighted by atomic mass is 9.80. The van der Waals surface area contributed by atoms with E-state index in [1.54, 1.807) is 32.7 Å². The van der Waals surface area contributed by atoms with E-state index in [2.05, 4.69) is 53.7 Å². The number of carbonyl (C=O) groups excluding carboxylic acids is 1. The van der Waals surface area contributed by atoms with Gasteiger partial charge in [0, 0.05) is 12.1 Å². The van der Waals surface area contributed by atoms with Gasteiger partial charge in [0.05, 0.1) is 52.9 Å². The number of anilines is 1. The highest BCUT2D eigenvalue weighted by atomic mass is 31.2. The van der Waals surface area contributed by atoms with Crippen molar-refractivity contribution in [3.63, 3.8) is 0 Å². The molecule has 0 radical (unpaired) electrons. The third-order valence-electron chi connectivity index (χ3n) is 11.6. The van der Waals surface area contributed by atoms with Gasteiger partial charge in [-0.3, -0.25) is 9.36 Å². The van der Waals surface area contributed by atoms with E-state index in [9.17, 15) is 10.1 Å². The minimum absolute atomic E-state index is 0.00823. The van der Waals surface area contributed by atoms with Crippen molar-refractivity contribution in [1.82, 2.24) is 24.2 Å². The van der Waals surface area contributed by atoms with Crippen LogP contribution in [0.4, 0.5) is 5.82 Å². The summed E-state index contributed by atoms with van der Waals surface area (Å²) in [6.07, 6.45) is 0.943. The van der Waals surface area contributed by atoms with Crippen LogP contribution >= 0.6 is 8.53 Å². The first-order valence-corrected chi connectivity index (χ1v) is 22.9. The highest BCUT2D eigenvalue weighted by molar-refractivity contribution is 7.44. The van der Waals surface area contributed by atoms with Gasteiger partial charge in [0.15, 0.2) is 23.6 Å². The summed E-state index contributed by atoms with van der Waals surface area (Å²) in [5, 5.41) is 12.3. The molecule has 66 heavy (non-hydrogen) atoms. The van der Waals surface area contributed by atoms with Crippen LogP contribution in [0.25, 0.3) is 11.2 Å². The van der Waals surface area contributed by atoms with Gasteiger partial charge < -0.3 is 42.8 Å². The fourth-order valence-electron chi connectivity index (χ4n) is 8.53. The molecule has 2 aromatic heterocycles. The van der Waals surface area contributed by atoms with Crippen molar-refractivity contribution >= 4 is 31.4 Å². The first kappa shape index (κ1) is 46.5. The maximum Gasteiger partial charge on any atom is 0.263 e. The van der Waals surface area contributed by atoms with Gasteiger partial charge in [-0.05, 0) is 80.8 Å². The Balaban J connectivity index is 1.19. The van der Waals surface area contributed by atoms with Crippen LogP contribution in [0.15, 0.2) is 122 Å². The molecule has 1 amide bonds. The second kappa shape index (κ2) is 20.7. The van der Waals surface area contributed by atoms with Gasteiger partial charge >= 0.3 is 0 Å². The van der Waals surface area contributed by atoms with Crippen molar-refractivity contribution in [3.05, 3.63) is 139 Å². The van der Waals surface area contributed by atoms with E-state index in [1.807, 2.05) is 102 Å². The molecule has 2 fully saturated rings. The molecular formula is C49H54N7O9P. The maximum atomic E-state index is 13.1. The molecule has 2 saturated heterocycles. The molecule has 16 nitrogen and oxygen atoms in total. The maximum absolute atomic E-state index is 13.1. The molecular weight excluding hydrogens is 862 g/mol. The highest BCUT2D eigenvalue weighted by Gasteiger charge is 2.66. The molecule has 0 spiro atoms. The first-order valence-electron chi connectivity index (χ1n) is 21.8. The van der Waals surface area contributed by atoms with Crippen LogP contribution in [0.1, 0.15) is 50.8 Å². The van der Waals surface area contributed by atoms with E-state index < -0.39 is 44.1 Å². The van der Waals surface area contributed by atoms with Crippen molar-refractivity contribution in [2.45, 2.75) is 75.8 Å². The molecule has 5 atom stereocenters. The standard InChI is InChI=1S/C49H54N7O9P/c1-33(2)56(34(3)4)66(63-27-13-26-50)65-44-41(28-62-49(35-14-9-7-10-15-35,36-18-22-38(58-5)23-19-36)37-20-24-39(59-6)25-21-37)64-48(30-61-45(44)48)55-32-53-43-46(51-31-52-47(43)55)54-42(57)29-60-40-16-11-8-12-17-40/h7-12,14-25,31-34,41,44-45H,13,27-30H2,1-6H3,(H,51,52,54,57)/t41-,44-,45-,48-,66?/m1/s1. The first-order chi connectivity index (χ1) is 32.1. The third kappa shape index (κ3) is 9.34. The number of nitrogens with zero attached hydrogens (tertiary/aromatic N) is 6. The Morgan fingerprint density at radius 2 is 1.50 bits per heavy atom. The summed E-state index contributed by atoms with van der Waals surface area (Å²) in [7, 11) is 1.50. The zero-order valence-electron chi connectivity index (χ0n) is 37.8. The Morgan fingerprint density at radius 1 is 0.879 bits per heavy atom. The number of rotatable bonds is 21. The number of nitrogens with one attached hydrogen (secondary N) is 1. The lowest BCUT2D eigenvalue weighted by molar-refractivity contribution is -0.275. The lowest BCUT2D eigenvalue weighted by Crippen LogP contribution is -2.60. The van der Waals surface area contributed by atoms with Crippen molar-refractivity contribution in [1.29, 1.82) is 5.26 Å². The highest BCUT2D eigenvalue weighted by Crippen LogP contribution is 2.55. The Morgan fingerprint density at radius 3 is 2.08 bits per heavy atom. The van der Waals surface area contributed by atoms with Gasteiger partial charge in [-0.25, -0.2) is 19.6 Å². The van der Waals surface area contributed by atoms with Crippen LogP contribution in [-0.2, 0) is 39.4 Å². The van der Waals surface area contributed by atoms with E-state index in [0.717, 1.165) is 16.7 Å². The fourth-order valence-corrected chi connectivity index (χ4v) is 10.3. The van der Waals surface area contributed by atoms with Gasteiger partial charge in [0.25, 0.3) is 14.4 Å². The second-order valence-corrected chi connectivity index (χ2v) is 17.7. The minimum atomic E-state index is -1.77. The predicted molar refractivity (Wildman–Crippen MR) is 247 cm³/mol. The molecule has 4 aromatic carbocycles. The number of benzene rings is 4. The molecule has 344 valence electrons.